The van der Waals surface area contributed by atoms with Crippen LogP contribution in [0.25, 0.3) is 0 Å². The molecule has 2 fully saturated rings. The van der Waals surface area contributed by atoms with E-state index in [2.05, 4.69) is 6.92 Å². The number of carbonyl (C=O) groups is 1. The van der Waals surface area contributed by atoms with Crippen molar-refractivity contribution in [3.8, 4) is 0 Å². The van der Waals surface area contributed by atoms with Crippen molar-refractivity contribution in [3.05, 3.63) is 11.6 Å². The Bertz CT molecular complexity index is 833. The molecular formula is C37H66O8. The number of esters is 1. The fraction of sp³-hybridized carbons (Fsp3) is 0.919. The van der Waals surface area contributed by atoms with E-state index in [4.69, 9.17) is 14.2 Å². The molecule has 0 aliphatic carbocycles. The Morgan fingerprint density at radius 1 is 0.667 bits per heavy atom. The minimum atomic E-state index is -0.629. The van der Waals surface area contributed by atoms with E-state index in [0.29, 0.717) is 31.3 Å². The highest BCUT2D eigenvalue weighted by molar-refractivity contribution is 5.90. The smallest absolute Gasteiger partial charge is 0.334 e. The second-order valence-electron chi connectivity index (χ2n) is 14.2. The first-order chi connectivity index (χ1) is 21.8. The van der Waals surface area contributed by atoms with Gasteiger partial charge in [-0.05, 0) is 83.6 Å². The van der Waals surface area contributed by atoms with Crippen molar-refractivity contribution in [2.24, 2.45) is 0 Å². The molecule has 0 amide bonds. The van der Waals surface area contributed by atoms with Gasteiger partial charge in [-0.1, -0.05) is 84.0 Å². The van der Waals surface area contributed by atoms with Crippen LogP contribution in [0.2, 0.25) is 0 Å². The van der Waals surface area contributed by atoms with E-state index in [9.17, 15) is 25.2 Å². The van der Waals surface area contributed by atoms with Crippen molar-refractivity contribution in [1.82, 2.24) is 0 Å². The van der Waals surface area contributed by atoms with Gasteiger partial charge >= 0.3 is 5.97 Å². The number of hydrogen-bond acceptors (Lipinski definition) is 8. The summed E-state index contributed by atoms with van der Waals surface area (Å²) < 4.78 is 17.3. The third-order valence-corrected chi connectivity index (χ3v) is 10.2. The molecule has 8 nitrogen and oxygen atoms in total. The van der Waals surface area contributed by atoms with E-state index < -0.39 is 18.3 Å². The van der Waals surface area contributed by atoms with Gasteiger partial charge in [-0.3, -0.25) is 0 Å². The van der Waals surface area contributed by atoms with E-state index in [1.165, 1.54) is 38.5 Å². The molecule has 0 bridgehead atoms. The van der Waals surface area contributed by atoms with E-state index >= 15 is 0 Å². The Morgan fingerprint density at radius 3 is 1.82 bits per heavy atom. The van der Waals surface area contributed by atoms with Crippen LogP contribution in [0.3, 0.4) is 0 Å². The van der Waals surface area contributed by atoms with Crippen molar-refractivity contribution in [2.75, 3.05) is 0 Å². The molecule has 0 aromatic rings. The summed E-state index contributed by atoms with van der Waals surface area (Å²) in [6.07, 6.45) is 21.4. The van der Waals surface area contributed by atoms with Crippen LogP contribution in [0, 0.1) is 0 Å². The lowest BCUT2D eigenvalue weighted by Crippen LogP contribution is -2.33. The molecule has 0 saturated carbocycles. The first-order valence-corrected chi connectivity index (χ1v) is 18.7. The normalized spacial score (nSPS) is 27.8. The first-order valence-electron chi connectivity index (χ1n) is 18.7. The van der Waals surface area contributed by atoms with E-state index in [-0.39, 0.29) is 42.6 Å². The van der Waals surface area contributed by atoms with Gasteiger partial charge in [-0.15, -0.1) is 0 Å². The summed E-state index contributed by atoms with van der Waals surface area (Å²) in [4.78, 5) is 11.7. The molecule has 0 spiro atoms. The van der Waals surface area contributed by atoms with Gasteiger partial charge in [-0.2, -0.15) is 0 Å². The second-order valence-corrected chi connectivity index (χ2v) is 14.2. The second kappa shape index (κ2) is 21.8. The standard InChI is InChI=1S/C37H66O8/c1-3-4-5-6-7-8-9-14-17-31(39)35-24-25-36(45-35)33(41)22-21-32(40)34-23-20-30(44-34)16-13-11-10-12-15-29(38)19-18-28-26-27(2)43-37(28)42/h26-27,29-36,38-41H,3-25H2,1-2H3/t27-,29+,30+,31-,32+,33-,34-,35+,36+/m1/s1. The van der Waals surface area contributed by atoms with E-state index in [1.807, 2.05) is 13.0 Å². The Kier molecular flexibility index (Phi) is 18.6. The summed E-state index contributed by atoms with van der Waals surface area (Å²) in [5.41, 5.74) is 0.689. The van der Waals surface area contributed by atoms with Gasteiger partial charge in [0, 0.05) is 5.57 Å². The van der Waals surface area contributed by atoms with Gasteiger partial charge in [0.05, 0.1) is 48.8 Å². The zero-order valence-corrected chi connectivity index (χ0v) is 28.5. The minimum Gasteiger partial charge on any atom is -0.455 e. The van der Waals surface area contributed by atoms with Gasteiger partial charge in [0.25, 0.3) is 0 Å². The monoisotopic (exact) mass is 638 g/mol. The van der Waals surface area contributed by atoms with Crippen LogP contribution in [0.5, 0.6) is 0 Å². The van der Waals surface area contributed by atoms with Crippen LogP contribution in [0.1, 0.15) is 162 Å². The average molecular weight is 639 g/mol. The molecule has 9 atom stereocenters. The topological polar surface area (TPSA) is 126 Å². The molecule has 8 heteroatoms. The third-order valence-electron chi connectivity index (χ3n) is 10.2. The van der Waals surface area contributed by atoms with Crippen LogP contribution >= 0.6 is 0 Å². The van der Waals surface area contributed by atoms with Crippen molar-refractivity contribution < 1.29 is 39.4 Å². The SMILES string of the molecule is CCCCCCCCCC[C@@H](O)[C@@H]1CC[C@@H]([C@H](O)CC[C@H](O)[C@H]2CC[C@H](CCCCCC[C@H](O)CCC3=C[C@@H](C)OC3=O)O2)O1. The summed E-state index contributed by atoms with van der Waals surface area (Å²) in [6, 6.07) is 0. The number of aliphatic hydroxyl groups excluding tert-OH is 4. The van der Waals surface area contributed by atoms with Crippen LogP contribution < -0.4 is 0 Å². The zero-order chi connectivity index (χ0) is 32.4. The van der Waals surface area contributed by atoms with Crippen molar-refractivity contribution in [1.29, 1.82) is 0 Å². The van der Waals surface area contributed by atoms with Gasteiger partial charge in [-0.25, -0.2) is 4.79 Å². The molecular weight excluding hydrogens is 572 g/mol. The number of aliphatic hydroxyl groups is 4. The first kappa shape index (κ1) is 38.4. The summed E-state index contributed by atoms with van der Waals surface area (Å²) in [6.45, 7) is 4.09. The number of hydrogen-bond donors (Lipinski definition) is 4. The average Bonchev–Trinajstić information content (AvgIpc) is 3.78. The molecule has 3 aliphatic rings. The van der Waals surface area contributed by atoms with E-state index in [1.54, 1.807) is 0 Å². The highest BCUT2D eigenvalue weighted by Crippen LogP contribution is 2.31. The fourth-order valence-electron chi connectivity index (χ4n) is 7.26. The Hall–Kier alpha value is -1.03. The van der Waals surface area contributed by atoms with Crippen molar-refractivity contribution in [3.63, 3.8) is 0 Å². The summed E-state index contributed by atoms with van der Waals surface area (Å²) in [5, 5.41) is 42.4. The summed E-state index contributed by atoms with van der Waals surface area (Å²) >= 11 is 0. The maximum atomic E-state index is 11.7. The van der Waals surface area contributed by atoms with Crippen molar-refractivity contribution in [2.45, 2.75) is 216 Å². The number of cyclic esters (lactones) is 1. The predicted molar refractivity (Wildman–Crippen MR) is 177 cm³/mol. The van der Waals surface area contributed by atoms with Gasteiger partial charge in [0.15, 0.2) is 0 Å². The molecule has 3 heterocycles. The molecule has 0 aromatic heterocycles. The van der Waals surface area contributed by atoms with E-state index in [0.717, 1.165) is 83.5 Å². The molecule has 3 aliphatic heterocycles. The highest BCUT2D eigenvalue weighted by Gasteiger charge is 2.36. The van der Waals surface area contributed by atoms with Crippen LogP contribution in [-0.4, -0.2) is 81.3 Å². The Balaban J connectivity index is 1.16. The predicted octanol–water partition coefficient (Wildman–Crippen LogP) is 6.83. The molecule has 2 saturated heterocycles. The van der Waals surface area contributed by atoms with Crippen LogP contribution in [0.15, 0.2) is 11.6 Å². The largest absolute Gasteiger partial charge is 0.455 e. The highest BCUT2D eigenvalue weighted by atomic mass is 16.5. The number of ether oxygens (including phenoxy) is 3. The summed E-state index contributed by atoms with van der Waals surface area (Å²) in [5.74, 6) is -0.246. The number of rotatable bonds is 25. The molecule has 0 radical (unpaired) electrons. The lowest BCUT2D eigenvalue weighted by molar-refractivity contribution is -0.139. The fourth-order valence-corrected chi connectivity index (χ4v) is 7.26. The molecule has 45 heavy (non-hydrogen) atoms. The van der Waals surface area contributed by atoms with Gasteiger partial charge < -0.3 is 34.6 Å². The van der Waals surface area contributed by atoms with Gasteiger partial charge in [0.2, 0.25) is 0 Å². The lowest BCUT2D eigenvalue weighted by atomic mass is 9.98. The maximum Gasteiger partial charge on any atom is 0.334 e. The number of carbonyl (C=O) groups excluding carboxylic acids is 1. The van der Waals surface area contributed by atoms with Crippen LogP contribution in [-0.2, 0) is 19.0 Å². The van der Waals surface area contributed by atoms with Crippen LogP contribution in [0.4, 0.5) is 0 Å². The molecule has 262 valence electrons. The molecule has 0 unspecified atom stereocenters. The minimum absolute atomic E-state index is 0.152. The quantitative estimate of drug-likeness (QED) is 0.0634. The molecule has 0 aromatic carbocycles. The Labute approximate surface area is 273 Å². The lowest BCUT2D eigenvalue weighted by Gasteiger charge is -2.24. The number of unbranched alkanes of at least 4 members (excludes halogenated alkanes) is 10. The molecule has 4 N–H and O–H groups in total. The maximum absolute atomic E-state index is 11.7. The zero-order valence-electron chi connectivity index (χ0n) is 28.5. The summed E-state index contributed by atoms with van der Waals surface area (Å²) in [7, 11) is 0. The molecule has 3 rings (SSSR count). The van der Waals surface area contributed by atoms with Crippen molar-refractivity contribution >= 4 is 5.97 Å². The Morgan fingerprint density at radius 2 is 1.20 bits per heavy atom. The van der Waals surface area contributed by atoms with Gasteiger partial charge in [0.1, 0.15) is 6.10 Å². The third kappa shape index (κ3) is 14.7.